The Labute approximate surface area is 173 Å². The monoisotopic (exact) mass is 408 g/mol. The Morgan fingerprint density at radius 2 is 1.90 bits per heavy atom. The number of hydrogen-bond acceptors (Lipinski definition) is 8. The zero-order valence-electron chi connectivity index (χ0n) is 16.3. The molecule has 1 heterocycles. The number of nitrogens with zero attached hydrogens (tertiary/aromatic N) is 3. The number of nitrogens with one attached hydrogen (secondary N) is 1. The third-order valence-electron chi connectivity index (χ3n) is 3.95. The maximum absolute atomic E-state index is 9.49. The van der Waals surface area contributed by atoms with Crippen molar-refractivity contribution < 1.29 is 14.2 Å². The second-order valence-electron chi connectivity index (χ2n) is 5.75. The van der Waals surface area contributed by atoms with E-state index >= 15 is 0 Å². The number of anilines is 1. The molecular formula is C21H20N4O3S. The van der Waals surface area contributed by atoms with E-state index in [1.807, 2.05) is 54.8 Å². The molecule has 3 aromatic rings. The summed E-state index contributed by atoms with van der Waals surface area (Å²) in [4.78, 5) is 4.54. The molecule has 0 fully saturated rings. The van der Waals surface area contributed by atoms with Gasteiger partial charge in [0, 0.05) is 10.9 Å². The van der Waals surface area contributed by atoms with Crippen LogP contribution in [0.2, 0.25) is 0 Å². The third kappa shape index (κ3) is 4.83. The van der Waals surface area contributed by atoms with Gasteiger partial charge in [0.15, 0.2) is 22.2 Å². The van der Waals surface area contributed by atoms with Crippen molar-refractivity contribution in [1.82, 2.24) is 4.98 Å². The molecular weight excluding hydrogens is 388 g/mol. The van der Waals surface area contributed by atoms with Crippen molar-refractivity contribution in [2.75, 3.05) is 26.3 Å². The van der Waals surface area contributed by atoms with Crippen molar-refractivity contribution in [3.63, 3.8) is 0 Å². The van der Waals surface area contributed by atoms with Crippen LogP contribution in [0.3, 0.4) is 0 Å². The zero-order chi connectivity index (χ0) is 20.6. The number of benzene rings is 2. The van der Waals surface area contributed by atoms with Crippen molar-refractivity contribution in [3.05, 3.63) is 52.9 Å². The molecule has 1 N–H and O–H groups in total. The minimum Gasteiger partial charge on any atom is -0.494 e. The lowest BCUT2D eigenvalue weighted by Gasteiger charge is -2.08. The van der Waals surface area contributed by atoms with Crippen LogP contribution in [0.4, 0.5) is 5.69 Å². The van der Waals surface area contributed by atoms with E-state index in [9.17, 15) is 5.26 Å². The Bertz CT molecular complexity index is 1040. The summed E-state index contributed by atoms with van der Waals surface area (Å²) in [6.07, 6.45) is 0. The minimum atomic E-state index is 0.204. The molecule has 7 nitrogen and oxygen atoms in total. The summed E-state index contributed by atoms with van der Waals surface area (Å²) >= 11 is 1.35. The fraction of sp³-hybridized carbons (Fsp3) is 0.190. The zero-order valence-corrected chi connectivity index (χ0v) is 17.1. The number of hydrogen-bond donors (Lipinski definition) is 1. The first kappa shape index (κ1) is 20.2. The van der Waals surface area contributed by atoms with E-state index in [-0.39, 0.29) is 5.71 Å². The first-order valence-corrected chi connectivity index (χ1v) is 9.71. The molecule has 0 atom stereocenters. The molecule has 0 unspecified atom stereocenters. The van der Waals surface area contributed by atoms with Crippen LogP contribution in [0.15, 0.2) is 52.9 Å². The van der Waals surface area contributed by atoms with Crippen molar-refractivity contribution in [3.8, 4) is 34.6 Å². The van der Waals surface area contributed by atoms with Crippen LogP contribution in [0.25, 0.3) is 11.3 Å². The summed E-state index contributed by atoms with van der Waals surface area (Å²) in [5, 5.41) is 16.1. The first-order chi connectivity index (χ1) is 14.2. The summed E-state index contributed by atoms with van der Waals surface area (Å²) in [6, 6.07) is 15.0. The molecule has 29 heavy (non-hydrogen) atoms. The van der Waals surface area contributed by atoms with E-state index in [2.05, 4.69) is 21.6 Å². The number of methoxy groups -OCH3 is 2. The fourth-order valence-corrected chi connectivity index (χ4v) is 3.31. The van der Waals surface area contributed by atoms with Crippen LogP contribution in [-0.2, 0) is 0 Å². The first-order valence-electron chi connectivity index (χ1n) is 8.83. The van der Waals surface area contributed by atoms with Gasteiger partial charge in [0.2, 0.25) is 0 Å². The van der Waals surface area contributed by atoms with Crippen molar-refractivity contribution in [2.24, 2.45) is 5.10 Å². The highest BCUT2D eigenvalue weighted by atomic mass is 32.1. The van der Waals surface area contributed by atoms with E-state index in [1.54, 1.807) is 14.2 Å². The Hall–Kier alpha value is -3.57. The highest BCUT2D eigenvalue weighted by molar-refractivity contribution is 7.12. The normalized spacial score (nSPS) is 10.9. The van der Waals surface area contributed by atoms with Crippen LogP contribution < -0.4 is 19.6 Å². The second-order valence-corrected chi connectivity index (χ2v) is 6.61. The molecule has 3 rings (SSSR count). The second kappa shape index (κ2) is 9.57. The maximum Gasteiger partial charge on any atom is 0.196 e. The largest absolute Gasteiger partial charge is 0.494 e. The highest BCUT2D eigenvalue weighted by Crippen LogP contribution is 2.32. The summed E-state index contributed by atoms with van der Waals surface area (Å²) in [5.41, 5.74) is 5.43. The number of rotatable bonds is 8. The molecule has 0 amide bonds. The van der Waals surface area contributed by atoms with Gasteiger partial charge in [-0.15, -0.1) is 11.3 Å². The highest BCUT2D eigenvalue weighted by Gasteiger charge is 2.13. The minimum absolute atomic E-state index is 0.204. The van der Waals surface area contributed by atoms with E-state index in [0.29, 0.717) is 23.1 Å². The predicted molar refractivity (Wildman–Crippen MR) is 114 cm³/mol. The lowest BCUT2D eigenvalue weighted by molar-refractivity contribution is 0.340. The Kier molecular flexibility index (Phi) is 6.66. The maximum atomic E-state index is 9.49. The summed E-state index contributed by atoms with van der Waals surface area (Å²) in [7, 11) is 3.17. The molecule has 0 saturated heterocycles. The SMILES string of the molecule is CCOc1ccc(N/N=C(\C#N)c2nc(-c3ccc(OC)c(OC)c3)cs2)cc1. The molecule has 2 aromatic carbocycles. The Morgan fingerprint density at radius 3 is 2.55 bits per heavy atom. The molecule has 0 saturated carbocycles. The van der Waals surface area contributed by atoms with E-state index < -0.39 is 0 Å². The van der Waals surface area contributed by atoms with Gasteiger partial charge in [0.1, 0.15) is 11.8 Å². The molecule has 0 spiro atoms. The smallest absolute Gasteiger partial charge is 0.196 e. The van der Waals surface area contributed by atoms with Gasteiger partial charge in [-0.1, -0.05) is 0 Å². The molecule has 0 aliphatic heterocycles. The topological polar surface area (TPSA) is 88.8 Å². The lowest BCUT2D eigenvalue weighted by Crippen LogP contribution is -2.01. The predicted octanol–water partition coefficient (Wildman–Crippen LogP) is 4.57. The molecule has 0 aliphatic rings. The molecule has 0 bridgehead atoms. The van der Waals surface area contributed by atoms with Gasteiger partial charge in [-0.3, -0.25) is 5.43 Å². The lowest BCUT2D eigenvalue weighted by atomic mass is 10.1. The van der Waals surface area contributed by atoms with Gasteiger partial charge < -0.3 is 14.2 Å². The van der Waals surface area contributed by atoms with Gasteiger partial charge in [-0.2, -0.15) is 10.4 Å². The summed E-state index contributed by atoms with van der Waals surface area (Å²) in [6.45, 7) is 2.54. The fourth-order valence-electron chi connectivity index (χ4n) is 2.54. The number of hydrazone groups is 1. The third-order valence-corrected chi connectivity index (χ3v) is 4.80. The van der Waals surface area contributed by atoms with Crippen LogP contribution in [0, 0.1) is 11.3 Å². The average Bonchev–Trinajstić information content (AvgIpc) is 3.25. The van der Waals surface area contributed by atoms with Crippen molar-refractivity contribution in [2.45, 2.75) is 6.92 Å². The van der Waals surface area contributed by atoms with Crippen LogP contribution in [0.1, 0.15) is 11.9 Å². The molecule has 8 heteroatoms. The number of nitriles is 1. The van der Waals surface area contributed by atoms with Crippen LogP contribution >= 0.6 is 11.3 Å². The number of thiazole rings is 1. The van der Waals surface area contributed by atoms with Crippen molar-refractivity contribution >= 4 is 22.7 Å². The molecule has 1 aromatic heterocycles. The average molecular weight is 408 g/mol. The molecule has 0 aliphatic carbocycles. The van der Waals surface area contributed by atoms with Crippen molar-refractivity contribution in [1.29, 1.82) is 5.26 Å². The summed E-state index contributed by atoms with van der Waals surface area (Å²) in [5.74, 6) is 2.04. The Balaban J connectivity index is 1.78. The van der Waals surface area contributed by atoms with Crippen LogP contribution in [0.5, 0.6) is 17.2 Å². The van der Waals surface area contributed by atoms with E-state index in [1.165, 1.54) is 11.3 Å². The van der Waals surface area contributed by atoms with Gasteiger partial charge in [-0.05, 0) is 49.4 Å². The van der Waals surface area contributed by atoms with Gasteiger partial charge in [0.25, 0.3) is 0 Å². The van der Waals surface area contributed by atoms with Crippen LogP contribution in [-0.4, -0.2) is 31.5 Å². The van der Waals surface area contributed by atoms with E-state index in [4.69, 9.17) is 14.2 Å². The van der Waals surface area contributed by atoms with Gasteiger partial charge in [-0.25, -0.2) is 4.98 Å². The number of ether oxygens (including phenoxy) is 3. The molecule has 148 valence electrons. The quantitative estimate of drug-likeness (QED) is 0.434. The van der Waals surface area contributed by atoms with Gasteiger partial charge in [0.05, 0.1) is 32.2 Å². The van der Waals surface area contributed by atoms with Gasteiger partial charge >= 0.3 is 0 Å². The number of aromatic nitrogens is 1. The molecule has 0 radical (unpaired) electrons. The summed E-state index contributed by atoms with van der Waals surface area (Å²) < 4.78 is 16.0. The Morgan fingerprint density at radius 1 is 1.14 bits per heavy atom. The standard InChI is InChI=1S/C21H20N4O3S/c1-4-28-16-8-6-15(7-9-16)24-25-17(12-22)21-23-18(13-29-21)14-5-10-19(26-2)20(11-14)27-3/h5-11,13,24H,4H2,1-3H3/b25-17+. The van der Waals surface area contributed by atoms with E-state index in [0.717, 1.165) is 22.7 Å².